The number of amidine groups is 1. The molecule has 0 spiro atoms. The molecule has 2 aliphatic heterocycles. The molecule has 3 aromatic rings. The number of anilines is 2. The molecule has 2 aliphatic rings. The molecule has 0 saturated carbocycles. The summed E-state index contributed by atoms with van der Waals surface area (Å²) in [5, 5.41) is 3.19. The molecule has 0 radical (unpaired) electrons. The second-order valence-electron chi connectivity index (χ2n) is 7.72. The molecule has 0 saturated heterocycles. The van der Waals surface area contributed by atoms with E-state index in [0.717, 1.165) is 39.6 Å². The summed E-state index contributed by atoms with van der Waals surface area (Å²) in [5.74, 6) is 1.47. The van der Waals surface area contributed by atoms with E-state index in [0.29, 0.717) is 24.9 Å². The molecule has 5 rings (SSSR count). The van der Waals surface area contributed by atoms with Gasteiger partial charge in [0.15, 0.2) is 0 Å². The third-order valence-electron chi connectivity index (χ3n) is 5.37. The molecule has 0 fully saturated rings. The van der Waals surface area contributed by atoms with Gasteiger partial charge in [-0.15, -0.1) is 0 Å². The highest BCUT2D eigenvalue weighted by Gasteiger charge is 2.23. The van der Waals surface area contributed by atoms with Gasteiger partial charge in [-0.05, 0) is 67.9 Å². The third-order valence-corrected chi connectivity index (χ3v) is 5.37. The van der Waals surface area contributed by atoms with Crippen molar-refractivity contribution in [3.05, 3.63) is 71.5 Å². The zero-order valence-electron chi connectivity index (χ0n) is 17.9. The van der Waals surface area contributed by atoms with Gasteiger partial charge in [0.1, 0.15) is 24.3 Å². The van der Waals surface area contributed by atoms with Crippen molar-refractivity contribution in [1.29, 1.82) is 0 Å². The molecule has 8 heteroatoms. The van der Waals surface area contributed by atoms with E-state index >= 15 is 0 Å². The number of aliphatic imine (C=N–C) groups is 2. The Morgan fingerprint density at radius 2 is 2.03 bits per heavy atom. The van der Waals surface area contributed by atoms with Crippen molar-refractivity contribution in [1.82, 2.24) is 4.98 Å². The van der Waals surface area contributed by atoms with E-state index in [1.165, 1.54) is 0 Å². The van der Waals surface area contributed by atoms with Crippen molar-refractivity contribution < 1.29 is 9.47 Å². The van der Waals surface area contributed by atoms with E-state index in [1.807, 2.05) is 67.3 Å². The summed E-state index contributed by atoms with van der Waals surface area (Å²) in [5.41, 5.74) is 12.1. The number of hydrogen-bond acceptors (Lipinski definition) is 8. The van der Waals surface area contributed by atoms with Gasteiger partial charge in [0.05, 0.1) is 24.8 Å². The summed E-state index contributed by atoms with van der Waals surface area (Å²) in [6.45, 7) is 5.22. The Hall–Kier alpha value is -3.91. The summed E-state index contributed by atoms with van der Waals surface area (Å²) in [7, 11) is 0. The number of ether oxygens (including phenoxy) is 2. The number of aryl methyl sites for hydroxylation is 2. The van der Waals surface area contributed by atoms with Crippen molar-refractivity contribution in [2.75, 3.05) is 23.4 Å². The Balaban J connectivity index is 1.36. The fourth-order valence-electron chi connectivity index (χ4n) is 3.64. The Morgan fingerprint density at radius 1 is 1.12 bits per heavy atom. The molecular formula is C24H24N6O2. The Bertz CT molecular complexity index is 1210. The standard InChI is InChI=1S/C24H24N6O2/c1-15-11-18(5-8-22(15)32-19-6-3-16(2)27-13-19)30-14-28-21-7-4-17(12-20(21)23(30)25)29-24-26-9-10-31-24/h3-8,11-14,23H,9-10,25H2,1-2H3,(H,26,29). The minimum Gasteiger partial charge on any atom is -0.463 e. The predicted octanol–water partition coefficient (Wildman–Crippen LogP) is 4.43. The molecule has 2 aromatic carbocycles. The lowest BCUT2D eigenvalue weighted by Crippen LogP contribution is -2.35. The van der Waals surface area contributed by atoms with Crippen LogP contribution in [0.5, 0.6) is 11.5 Å². The van der Waals surface area contributed by atoms with Gasteiger partial charge in [-0.25, -0.2) is 9.98 Å². The minimum atomic E-state index is -0.386. The van der Waals surface area contributed by atoms with E-state index < -0.39 is 0 Å². The molecule has 3 N–H and O–H groups in total. The number of aromatic nitrogens is 1. The largest absolute Gasteiger partial charge is 0.463 e. The van der Waals surface area contributed by atoms with E-state index in [1.54, 1.807) is 12.5 Å². The fraction of sp³-hybridized carbons (Fsp3) is 0.208. The molecule has 0 bridgehead atoms. The summed E-state index contributed by atoms with van der Waals surface area (Å²) in [6.07, 6.45) is 3.10. The highest BCUT2D eigenvalue weighted by atomic mass is 16.5. The van der Waals surface area contributed by atoms with E-state index in [-0.39, 0.29) is 6.17 Å². The first-order chi connectivity index (χ1) is 15.6. The van der Waals surface area contributed by atoms with Gasteiger partial charge in [-0.3, -0.25) is 4.98 Å². The van der Waals surface area contributed by atoms with Crippen LogP contribution in [0, 0.1) is 13.8 Å². The number of fused-ring (bicyclic) bond motifs is 1. The number of hydrogen-bond donors (Lipinski definition) is 2. The zero-order valence-corrected chi connectivity index (χ0v) is 17.9. The topological polar surface area (TPSA) is 97.4 Å². The van der Waals surface area contributed by atoms with Gasteiger partial charge in [-0.1, -0.05) is 0 Å². The van der Waals surface area contributed by atoms with Crippen LogP contribution in [0.1, 0.15) is 23.0 Å². The quantitative estimate of drug-likeness (QED) is 0.638. The SMILES string of the molecule is Cc1ccc(Oc2ccc(N3C=Nc4ccc(NC5=NCCO5)cc4C3N)cc2C)cn1. The van der Waals surface area contributed by atoms with Crippen LogP contribution in [0.2, 0.25) is 0 Å². The highest BCUT2D eigenvalue weighted by Crippen LogP contribution is 2.36. The summed E-state index contributed by atoms with van der Waals surface area (Å²) in [6, 6.07) is 16.2. The van der Waals surface area contributed by atoms with E-state index in [9.17, 15) is 0 Å². The average molecular weight is 428 g/mol. The minimum absolute atomic E-state index is 0.386. The molecule has 0 aliphatic carbocycles. The van der Waals surface area contributed by atoms with Crippen LogP contribution < -0.4 is 20.7 Å². The summed E-state index contributed by atoms with van der Waals surface area (Å²) >= 11 is 0. The summed E-state index contributed by atoms with van der Waals surface area (Å²) < 4.78 is 11.4. The number of nitrogens with zero attached hydrogens (tertiary/aromatic N) is 4. The average Bonchev–Trinajstić information content (AvgIpc) is 3.30. The number of rotatable bonds is 4. The molecular weight excluding hydrogens is 404 g/mol. The van der Waals surface area contributed by atoms with Crippen LogP contribution in [0.15, 0.2) is 64.7 Å². The maximum absolute atomic E-state index is 6.63. The number of nitrogens with two attached hydrogens (primary N) is 1. The predicted molar refractivity (Wildman–Crippen MR) is 126 cm³/mol. The first-order valence-corrected chi connectivity index (χ1v) is 10.4. The van der Waals surface area contributed by atoms with Crippen molar-refractivity contribution in [3.63, 3.8) is 0 Å². The number of pyridine rings is 1. The van der Waals surface area contributed by atoms with Gasteiger partial charge in [0.2, 0.25) is 0 Å². The number of nitrogens with one attached hydrogen (secondary N) is 1. The fourth-order valence-corrected chi connectivity index (χ4v) is 3.64. The Kier molecular flexibility index (Phi) is 5.20. The van der Waals surface area contributed by atoms with Crippen molar-refractivity contribution in [3.8, 4) is 11.5 Å². The molecule has 1 atom stereocenters. The van der Waals surface area contributed by atoms with Crippen molar-refractivity contribution in [2.24, 2.45) is 15.7 Å². The van der Waals surface area contributed by atoms with Gasteiger partial charge in [-0.2, -0.15) is 0 Å². The second kappa shape index (κ2) is 8.32. The molecule has 1 aromatic heterocycles. The monoisotopic (exact) mass is 428 g/mol. The van der Waals surface area contributed by atoms with Gasteiger partial charge < -0.3 is 25.4 Å². The smallest absolute Gasteiger partial charge is 0.289 e. The Labute approximate surface area is 186 Å². The second-order valence-corrected chi connectivity index (χ2v) is 7.72. The van der Waals surface area contributed by atoms with E-state index in [4.69, 9.17) is 15.2 Å². The lowest BCUT2D eigenvalue weighted by Gasteiger charge is -2.31. The molecule has 1 unspecified atom stereocenters. The molecule has 162 valence electrons. The third kappa shape index (κ3) is 4.00. The highest BCUT2D eigenvalue weighted by molar-refractivity contribution is 5.91. The molecule has 8 nitrogen and oxygen atoms in total. The van der Waals surface area contributed by atoms with Crippen LogP contribution >= 0.6 is 0 Å². The first-order valence-electron chi connectivity index (χ1n) is 10.4. The molecule has 3 heterocycles. The Morgan fingerprint density at radius 3 is 2.78 bits per heavy atom. The molecule has 0 amide bonds. The van der Waals surface area contributed by atoms with Crippen molar-refractivity contribution in [2.45, 2.75) is 20.0 Å². The zero-order chi connectivity index (χ0) is 22.1. The summed E-state index contributed by atoms with van der Waals surface area (Å²) in [4.78, 5) is 15.1. The van der Waals surface area contributed by atoms with Gasteiger partial charge in [0.25, 0.3) is 6.02 Å². The van der Waals surface area contributed by atoms with Crippen molar-refractivity contribution >= 4 is 29.4 Å². The lowest BCUT2D eigenvalue weighted by molar-refractivity contribution is 0.346. The van der Waals surface area contributed by atoms with Crippen LogP contribution in [0.25, 0.3) is 0 Å². The van der Waals surface area contributed by atoms with Crippen LogP contribution in [-0.4, -0.2) is 30.5 Å². The van der Waals surface area contributed by atoms with Crippen LogP contribution in [0.4, 0.5) is 17.1 Å². The van der Waals surface area contributed by atoms with Gasteiger partial charge in [0, 0.05) is 22.6 Å². The van der Waals surface area contributed by atoms with E-state index in [2.05, 4.69) is 20.3 Å². The normalized spacial score (nSPS) is 16.9. The maximum atomic E-state index is 6.63. The maximum Gasteiger partial charge on any atom is 0.289 e. The molecule has 32 heavy (non-hydrogen) atoms. The van der Waals surface area contributed by atoms with Crippen LogP contribution in [0.3, 0.4) is 0 Å². The first kappa shape index (κ1) is 20.0. The van der Waals surface area contributed by atoms with Crippen LogP contribution in [-0.2, 0) is 4.74 Å². The number of benzene rings is 2. The van der Waals surface area contributed by atoms with Gasteiger partial charge >= 0.3 is 0 Å². The lowest BCUT2D eigenvalue weighted by atomic mass is 10.1.